The average Bonchev–Trinajstić information content (AvgIpc) is 2.07. The molecule has 0 aromatic heterocycles. The van der Waals surface area contributed by atoms with Crippen LogP contribution in [0.1, 0.15) is 11.1 Å². The summed E-state index contributed by atoms with van der Waals surface area (Å²) >= 11 is 3.28. The third kappa shape index (κ3) is 2.94. The summed E-state index contributed by atoms with van der Waals surface area (Å²) in [6.45, 7) is 0. The molecule has 0 fully saturated rings. The van der Waals surface area contributed by atoms with E-state index in [1.54, 1.807) is 12.3 Å². The van der Waals surface area contributed by atoms with Gasteiger partial charge in [-0.25, -0.2) is 0 Å². The first kappa shape index (κ1) is 10.4. The second-order valence-electron chi connectivity index (χ2n) is 2.63. The van der Waals surface area contributed by atoms with E-state index in [2.05, 4.69) is 22.0 Å². The second-order valence-corrected chi connectivity index (χ2v) is 4.98. The SMILES string of the molecule is CS(=O)Cc1ccc(Br)cc1C#N. The number of nitrogens with zero attached hydrogens (tertiary/aromatic N) is 1. The average molecular weight is 258 g/mol. The van der Waals surface area contributed by atoms with Crippen molar-refractivity contribution in [1.29, 1.82) is 5.26 Å². The Morgan fingerprint density at radius 3 is 2.85 bits per heavy atom. The Morgan fingerprint density at radius 2 is 2.31 bits per heavy atom. The zero-order valence-electron chi connectivity index (χ0n) is 7.08. The molecule has 0 N–H and O–H groups in total. The van der Waals surface area contributed by atoms with Crippen LogP contribution in [0.15, 0.2) is 22.7 Å². The van der Waals surface area contributed by atoms with Crippen molar-refractivity contribution in [3.63, 3.8) is 0 Å². The summed E-state index contributed by atoms with van der Waals surface area (Å²) in [5, 5.41) is 8.79. The van der Waals surface area contributed by atoms with Gasteiger partial charge in [-0.2, -0.15) is 5.26 Å². The lowest BCUT2D eigenvalue weighted by Gasteiger charge is -2.01. The van der Waals surface area contributed by atoms with Gasteiger partial charge in [0.15, 0.2) is 0 Å². The minimum Gasteiger partial charge on any atom is -0.260 e. The molecule has 13 heavy (non-hydrogen) atoms. The van der Waals surface area contributed by atoms with Gasteiger partial charge in [0, 0.05) is 27.3 Å². The van der Waals surface area contributed by atoms with Crippen LogP contribution in [-0.2, 0) is 16.6 Å². The highest BCUT2D eigenvalue weighted by atomic mass is 79.9. The highest BCUT2D eigenvalue weighted by molar-refractivity contribution is 9.10. The predicted octanol–water partition coefficient (Wildman–Crippen LogP) is 2.20. The zero-order valence-corrected chi connectivity index (χ0v) is 9.48. The molecule has 0 heterocycles. The summed E-state index contributed by atoms with van der Waals surface area (Å²) in [4.78, 5) is 0. The van der Waals surface area contributed by atoms with Crippen molar-refractivity contribution in [2.75, 3.05) is 6.26 Å². The third-order valence-corrected chi connectivity index (χ3v) is 2.76. The molecular weight excluding hydrogens is 250 g/mol. The van der Waals surface area contributed by atoms with Crippen molar-refractivity contribution in [2.45, 2.75) is 5.75 Å². The number of hydrogen-bond donors (Lipinski definition) is 0. The molecule has 1 aromatic rings. The van der Waals surface area contributed by atoms with E-state index in [9.17, 15) is 4.21 Å². The quantitative estimate of drug-likeness (QED) is 0.815. The van der Waals surface area contributed by atoms with Crippen LogP contribution in [0.25, 0.3) is 0 Å². The van der Waals surface area contributed by atoms with E-state index in [4.69, 9.17) is 5.26 Å². The van der Waals surface area contributed by atoms with Crippen LogP contribution in [0, 0.1) is 11.3 Å². The second kappa shape index (κ2) is 4.54. The summed E-state index contributed by atoms with van der Waals surface area (Å²) in [5.41, 5.74) is 1.43. The predicted molar refractivity (Wildman–Crippen MR) is 56.6 cm³/mol. The highest BCUT2D eigenvalue weighted by Crippen LogP contribution is 2.16. The standard InChI is InChI=1S/C9H8BrNOS/c1-13(12)6-7-2-3-9(10)4-8(7)5-11/h2-4H,6H2,1H3. The molecule has 0 saturated carbocycles. The summed E-state index contributed by atoms with van der Waals surface area (Å²) in [6.07, 6.45) is 1.63. The van der Waals surface area contributed by atoms with Crippen LogP contribution >= 0.6 is 15.9 Å². The van der Waals surface area contributed by atoms with Crippen LogP contribution in [0.4, 0.5) is 0 Å². The number of hydrogen-bond acceptors (Lipinski definition) is 2. The van der Waals surface area contributed by atoms with Gasteiger partial charge in [-0.3, -0.25) is 4.21 Å². The fourth-order valence-electron chi connectivity index (χ4n) is 0.998. The molecule has 0 bridgehead atoms. The summed E-state index contributed by atoms with van der Waals surface area (Å²) in [6, 6.07) is 7.49. The Labute approximate surface area is 88.2 Å². The lowest BCUT2D eigenvalue weighted by atomic mass is 10.1. The molecule has 4 heteroatoms. The van der Waals surface area contributed by atoms with Crippen molar-refractivity contribution in [1.82, 2.24) is 0 Å². The lowest BCUT2D eigenvalue weighted by molar-refractivity contribution is 0.686. The van der Waals surface area contributed by atoms with E-state index in [0.717, 1.165) is 10.0 Å². The maximum Gasteiger partial charge on any atom is 0.0995 e. The molecule has 0 radical (unpaired) electrons. The number of rotatable bonds is 2. The number of halogens is 1. The number of nitriles is 1. The van der Waals surface area contributed by atoms with Gasteiger partial charge < -0.3 is 0 Å². The Bertz CT molecular complexity index is 384. The molecule has 1 aromatic carbocycles. The first-order chi connectivity index (χ1) is 6.13. The van der Waals surface area contributed by atoms with Crippen LogP contribution < -0.4 is 0 Å². The smallest absolute Gasteiger partial charge is 0.0995 e. The van der Waals surface area contributed by atoms with Crippen LogP contribution in [0.2, 0.25) is 0 Å². The Morgan fingerprint density at radius 1 is 1.62 bits per heavy atom. The van der Waals surface area contributed by atoms with Gasteiger partial charge in [0.25, 0.3) is 0 Å². The maximum atomic E-state index is 11.0. The summed E-state index contributed by atoms with van der Waals surface area (Å²) in [5.74, 6) is 0.441. The highest BCUT2D eigenvalue weighted by Gasteiger charge is 2.03. The van der Waals surface area contributed by atoms with Gasteiger partial charge in [-0.1, -0.05) is 22.0 Å². The van der Waals surface area contributed by atoms with Crippen molar-refractivity contribution in [3.8, 4) is 6.07 Å². The molecule has 0 aliphatic heterocycles. The fraction of sp³-hybridized carbons (Fsp3) is 0.222. The molecule has 2 nitrogen and oxygen atoms in total. The minimum atomic E-state index is -0.901. The van der Waals surface area contributed by atoms with Crippen molar-refractivity contribution < 1.29 is 4.21 Å². The van der Waals surface area contributed by atoms with Crippen molar-refractivity contribution in [3.05, 3.63) is 33.8 Å². The number of benzene rings is 1. The molecule has 68 valence electrons. The van der Waals surface area contributed by atoms with Crippen LogP contribution in [0.5, 0.6) is 0 Å². The van der Waals surface area contributed by atoms with Crippen LogP contribution in [0.3, 0.4) is 0 Å². The zero-order chi connectivity index (χ0) is 9.84. The van der Waals surface area contributed by atoms with Gasteiger partial charge in [-0.05, 0) is 17.7 Å². The summed E-state index contributed by atoms with van der Waals surface area (Å²) in [7, 11) is -0.901. The van der Waals surface area contributed by atoms with Gasteiger partial charge in [0.2, 0.25) is 0 Å². The van der Waals surface area contributed by atoms with E-state index in [-0.39, 0.29) is 0 Å². The lowest BCUT2D eigenvalue weighted by Crippen LogP contribution is -1.95. The fourth-order valence-corrected chi connectivity index (χ4v) is 2.05. The topological polar surface area (TPSA) is 40.9 Å². The van der Waals surface area contributed by atoms with Crippen molar-refractivity contribution >= 4 is 26.7 Å². The summed E-state index contributed by atoms with van der Waals surface area (Å²) < 4.78 is 11.8. The molecule has 0 amide bonds. The van der Waals surface area contributed by atoms with Crippen molar-refractivity contribution in [2.24, 2.45) is 0 Å². The minimum absolute atomic E-state index is 0.441. The maximum absolute atomic E-state index is 11.0. The molecular formula is C9H8BrNOS. The van der Waals surface area contributed by atoms with Gasteiger partial charge in [0.1, 0.15) is 0 Å². The van der Waals surface area contributed by atoms with E-state index in [1.807, 2.05) is 12.1 Å². The third-order valence-electron chi connectivity index (χ3n) is 1.55. The van der Waals surface area contributed by atoms with E-state index >= 15 is 0 Å². The Kier molecular flexibility index (Phi) is 3.64. The van der Waals surface area contributed by atoms with E-state index in [0.29, 0.717) is 11.3 Å². The first-order valence-electron chi connectivity index (χ1n) is 3.62. The van der Waals surface area contributed by atoms with Gasteiger partial charge >= 0.3 is 0 Å². The van der Waals surface area contributed by atoms with Gasteiger partial charge in [-0.15, -0.1) is 0 Å². The van der Waals surface area contributed by atoms with Crippen LogP contribution in [-0.4, -0.2) is 10.5 Å². The Hall–Kier alpha value is -0.660. The molecule has 1 atom stereocenters. The van der Waals surface area contributed by atoms with Gasteiger partial charge in [0.05, 0.1) is 11.6 Å². The first-order valence-corrected chi connectivity index (χ1v) is 6.14. The monoisotopic (exact) mass is 257 g/mol. The van der Waals surface area contributed by atoms with E-state index in [1.165, 1.54) is 0 Å². The molecule has 0 saturated heterocycles. The normalized spacial score (nSPS) is 12.1. The molecule has 0 aliphatic carbocycles. The molecule has 0 spiro atoms. The molecule has 0 aliphatic rings. The largest absolute Gasteiger partial charge is 0.260 e. The Balaban J connectivity index is 3.08. The van der Waals surface area contributed by atoms with E-state index < -0.39 is 10.8 Å². The molecule has 1 unspecified atom stereocenters. The molecule has 1 rings (SSSR count).